The van der Waals surface area contributed by atoms with Crippen molar-refractivity contribution in [1.29, 1.82) is 0 Å². The Labute approximate surface area is 132 Å². The topological polar surface area (TPSA) is 6.48 Å². The third-order valence-corrected chi connectivity index (χ3v) is 3.85. The van der Waals surface area contributed by atoms with Gasteiger partial charge >= 0.3 is 0 Å². The molecule has 0 aliphatic rings. The highest BCUT2D eigenvalue weighted by Crippen LogP contribution is 2.19. The molecule has 0 aliphatic carbocycles. The van der Waals surface area contributed by atoms with Crippen molar-refractivity contribution < 1.29 is 0 Å². The first kappa shape index (κ1) is 18.2. The molecule has 1 rings (SSSR count). The smallest absolute Gasteiger partial charge is 0.0234 e. The second-order valence-electron chi connectivity index (χ2n) is 7.56. The molecule has 2 heteroatoms. The van der Waals surface area contributed by atoms with Gasteiger partial charge in [0.2, 0.25) is 0 Å². The van der Waals surface area contributed by atoms with Crippen LogP contribution in [0.4, 0.5) is 0 Å². The molecule has 0 aliphatic heterocycles. The minimum atomic E-state index is 0.404. The lowest BCUT2D eigenvalue weighted by atomic mass is 9.92. The van der Waals surface area contributed by atoms with Gasteiger partial charge in [-0.2, -0.15) is 0 Å². The molecule has 0 saturated heterocycles. The van der Waals surface area contributed by atoms with E-state index < -0.39 is 0 Å². The summed E-state index contributed by atoms with van der Waals surface area (Å²) in [6, 6.07) is 9.05. The number of hydrogen-bond acceptors (Lipinski definition) is 2. The first-order valence-corrected chi connectivity index (χ1v) is 8.25. The molecule has 0 atom stereocenters. The van der Waals surface area contributed by atoms with Crippen molar-refractivity contribution in [1.82, 2.24) is 9.80 Å². The Morgan fingerprint density at radius 2 is 1.62 bits per heavy atom. The summed E-state index contributed by atoms with van der Waals surface area (Å²) in [7, 11) is 4.30. The number of rotatable bonds is 8. The van der Waals surface area contributed by atoms with Crippen LogP contribution in [-0.2, 0) is 13.0 Å². The van der Waals surface area contributed by atoms with Crippen LogP contribution in [0.5, 0.6) is 0 Å². The Kier molecular flexibility index (Phi) is 7.41. The van der Waals surface area contributed by atoms with E-state index in [9.17, 15) is 0 Å². The van der Waals surface area contributed by atoms with Gasteiger partial charge in [-0.25, -0.2) is 0 Å². The SMILES string of the molecule is CCc1cccc(CN(CCN(C)C)CCC(C)(C)C)c1. The molecule has 120 valence electrons. The molecule has 0 unspecified atom stereocenters. The first-order chi connectivity index (χ1) is 9.80. The van der Waals surface area contributed by atoms with Gasteiger partial charge in [-0.1, -0.05) is 52.0 Å². The third-order valence-electron chi connectivity index (χ3n) is 3.85. The Hall–Kier alpha value is -0.860. The highest BCUT2D eigenvalue weighted by atomic mass is 15.2. The van der Waals surface area contributed by atoms with Gasteiger partial charge in [0.15, 0.2) is 0 Å². The highest BCUT2D eigenvalue weighted by molar-refractivity contribution is 5.23. The van der Waals surface area contributed by atoms with E-state index in [0.29, 0.717) is 5.41 Å². The second kappa shape index (κ2) is 8.55. The summed E-state index contributed by atoms with van der Waals surface area (Å²) in [6.07, 6.45) is 2.36. The highest BCUT2D eigenvalue weighted by Gasteiger charge is 2.14. The van der Waals surface area contributed by atoms with Crippen molar-refractivity contribution in [2.45, 2.75) is 47.1 Å². The quantitative estimate of drug-likeness (QED) is 0.712. The molecule has 1 aromatic carbocycles. The van der Waals surface area contributed by atoms with Crippen molar-refractivity contribution in [2.75, 3.05) is 33.7 Å². The standard InChI is InChI=1S/C19H34N2/c1-7-17-9-8-10-18(15-17)16-21(14-13-20(5)6)12-11-19(2,3)4/h8-10,15H,7,11-14,16H2,1-6H3. The van der Waals surface area contributed by atoms with Crippen molar-refractivity contribution in [2.24, 2.45) is 5.41 Å². The Morgan fingerprint density at radius 3 is 2.19 bits per heavy atom. The predicted octanol–water partition coefficient (Wildman–Crippen LogP) is 4.05. The Bertz CT molecular complexity index is 404. The van der Waals surface area contributed by atoms with Gasteiger partial charge in [0.25, 0.3) is 0 Å². The molecule has 0 spiro atoms. The number of aryl methyl sites for hydroxylation is 1. The van der Waals surface area contributed by atoms with E-state index >= 15 is 0 Å². The molecule has 0 aromatic heterocycles. The lowest BCUT2D eigenvalue weighted by molar-refractivity contribution is 0.202. The van der Waals surface area contributed by atoms with Crippen LogP contribution >= 0.6 is 0 Å². The molecule has 0 N–H and O–H groups in total. The molecule has 0 amide bonds. The summed E-state index contributed by atoms with van der Waals surface area (Å²) >= 11 is 0. The van der Waals surface area contributed by atoms with E-state index in [0.717, 1.165) is 26.1 Å². The maximum atomic E-state index is 2.60. The fourth-order valence-electron chi connectivity index (χ4n) is 2.31. The lowest BCUT2D eigenvalue weighted by Gasteiger charge is -2.28. The zero-order chi connectivity index (χ0) is 15.9. The molecule has 21 heavy (non-hydrogen) atoms. The van der Waals surface area contributed by atoms with Gasteiger partial charge in [0, 0.05) is 19.6 Å². The molecule has 0 fully saturated rings. The van der Waals surface area contributed by atoms with Crippen LogP contribution in [0.1, 0.15) is 45.2 Å². The summed E-state index contributed by atoms with van der Waals surface area (Å²) in [4.78, 5) is 4.87. The molecule has 2 nitrogen and oxygen atoms in total. The monoisotopic (exact) mass is 290 g/mol. The molecule has 1 aromatic rings. The number of likely N-dealkylation sites (N-methyl/N-ethyl adjacent to an activating group) is 1. The summed E-state index contributed by atoms with van der Waals surface area (Å²) in [6.45, 7) is 13.7. The van der Waals surface area contributed by atoms with Gasteiger partial charge in [0.05, 0.1) is 0 Å². The van der Waals surface area contributed by atoms with E-state index in [-0.39, 0.29) is 0 Å². The van der Waals surface area contributed by atoms with Crippen LogP contribution in [0.2, 0.25) is 0 Å². The van der Waals surface area contributed by atoms with Crippen molar-refractivity contribution >= 4 is 0 Å². The number of hydrogen-bond donors (Lipinski definition) is 0. The number of nitrogens with zero attached hydrogens (tertiary/aromatic N) is 2. The average molecular weight is 290 g/mol. The lowest BCUT2D eigenvalue weighted by Crippen LogP contribution is -2.33. The normalized spacial score (nSPS) is 12.4. The van der Waals surface area contributed by atoms with Crippen LogP contribution in [0.15, 0.2) is 24.3 Å². The van der Waals surface area contributed by atoms with Gasteiger partial charge in [-0.15, -0.1) is 0 Å². The second-order valence-corrected chi connectivity index (χ2v) is 7.56. The van der Waals surface area contributed by atoms with Crippen LogP contribution in [0.25, 0.3) is 0 Å². The van der Waals surface area contributed by atoms with Crippen LogP contribution in [0.3, 0.4) is 0 Å². The first-order valence-electron chi connectivity index (χ1n) is 8.25. The van der Waals surface area contributed by atoms with E-state index in [1.165, 1.54) is 24.1 Å². The van der Waals surface area contributed by atoms with Crippen LogP contribution in [-0.4, -0.2) is 43.5 Å². The molecule has 0 bridgehead atoms. The predicted molar refractivity (Wildman–Crippen MR) is 93.7 cm³/mol. The molecular weight excluding hydrogens is 256 g/mol. The Morgan fingerprint density at radius 1 is 0.952 bits per heavy atom. The van der Waals surface area contributed by atoms with Gasteiger partial charge in [-0.3, -0.25) is 4.90 Å². The van der Waals surface area contributed by atoms with E-state index in [1.54, 1.807) is 0 Å². The van der Waals surface area contributed by atoms with E-state index in [1.807, 2.05) is 0 Å². The maximum absolute atomic E-state index is 2.60. The van der Waals surface area contributed by atoms with Crippen LogP contribution < -0.4 is 0 Å². The molecule has 0 radical (unpaired) electrons. The zero-order valence-electron chi connectivity index (χ0n) is 14.9. The fourth-order valence-corrected chi connectivity index (χ4v) is 2.31. The summed E-state index contributed by atoms with van der Waals surface area (Å²) in [5.41, 5.74) is 3.29. The van der Waals surface area contributed by atoms with Gasteiger partial charge in [-0.05, 0) is 50.0 Å². The molecule has 0 saturated carbocycles. The zero-order valence-corrected chi connectivity index (χ0v) is 14.9. The summed E-state index contributed by atoms with van der Waals surface area (Å²) in [5, 5.41) is 0. The minimum absolute atomic E-state index is 0.404. The van der Waals surface area contributed by atoms with Crippen molar-refractivity contribution in [3.05, 3.63) is 35.4 Å². The fraction of sp³-hybridized carbons (Fsp3) is 0.684. The van der Waals surface area contributed by atoms with E-state index in [2.05, 4.69) is 75.9 Å². The molecular formula is C19H34N2. The maximum Gasteiger partial charge on any atom is 0.0234 e. The van der Waals surface area contributed by atoms with Gasteiger partial charge in [0.1, 0.15) is 0 Å². The summed E-state index contributed by atoms with van der Waals surface area (Å²) < 4.78 is 0. The molecule has 0 heterocycles. The third kappa shape index (κ3) is 8.23. The average Bonchev–Trinajstić information content (AvgIpc) is 2.41. The van der Waals surface area contributed by atoms with E-state index in [4.69, 9.17) is 0 Å². The number of benzene rings is 1. The Balaban J connectivity index is 2.65. The summed E-state index contributed by atoms with van der Waals surface area (Å²) in [5.74, 6) is 0. The van der Waals surface area contributed by atoms with Crippen LogP contribution in [0, 0.1) is 5.41 Å². The largest absolute Gasteiger partial charge is 0.308 e. The van der Waals surface area contributed by atoms with Crippen molar-refractivity contribution in [3.63, 3.8) is 0 Å². The van der Waals surface area contributed by atoms with Crippen molar-refractivity contribution in [3.8, 4) is 0 Å². The minimum Gasteiger partial charge on any atom is -0.308 e. The van der Waals surface area contributed by atoms with Gasteiger partial charge < -0.3 is 4.90 Å².